The molecule has 2 aliphatic carbocycles. The summed E-state index contributed by atoms with van der Waals surface area (Å²) in [4.78, 5) is 13.9. The van der Waals surface area contributed by atoms with Crippen LogP contribution in [0.4, 0.5) is 0 Å². The first kappa shape index (κ1) is 13.1. The fourth-order valence-corrected chi connectivity index (χ4v) is 3.85. The van der Waals surface area contributed by atoms with Crippen molar-refractivity contribution in [2.24, 2.45) is 23.2 Å². The van der Waals surface area contributed by atoms with Gasteiger partial charge in [-0.3, -0.25) is 4.79 Å². The molecule has 0 aromatic carbocycles. The van der Waals surface area contributed by atoms with Gasteiger partial charge in [0.15, 0.2) is 0 Å². The van der Waals surface area contributed by atoms with Crippen molar-refractivity contribution >= 4 is 5.78 Å². The van der Waals surface area contributed by atoms with Gasteiger partial charge in [0.1, 0.15) is 5.78 Å². The van der Waals surface area contributed by atoms with Crippen LogP contribution in [-0.4, -0.2) is 30.8 Å². The first-order valence-electron chi connectivity index (χ1n) is 7.08. The Morgan fingerprint density at radius 3 is 2.47 bits per heavy atom. The molecule has 0 aliphatic heterocycles. The Kier molecular flexibility index (Phi) is 3.63. The SMILES string of the molecule is CC(=O)C(C)(C)CN(C)CC1CC2CCC1C2. The number of Topliss-reactive ketones (excluding diaryl/α,β-unsaturated/α-hetero) is 1. The summed E-state index contributed by atoms with van der Waals surface area (Å²) in [6, 6.07) is 0. The Labute approximate surface area is 106 Å². The van der Waals surface area contributed by atoms with Crippen LogP contribution in [0.5, 0.6) is 0 Å². The molecular formula is C15H27NO. The Balaban J connectivity index is 1.81. The first-order valence-corrected chi connectivity index (χ1v) is 7.08. The van der Waals surface area contributed by atoms with Crippen LogP contribution >= 0.6 is 0 Å². The molecule has 17 heavy (non-hydrogen) atoms. The van der Waals surface area contributed by atoms with Crippen molar-refractivity contribution in [2.45, 2.75) is 46.5 Å². The molecular weight excluding hydrogens is 210 g/mol. The third-order valence-corrected chi connectivity index (χ3v) is 5.05. The highest BCUT2D eigenvalue weighted by Gasteiger charge is 2.40. The van der Waals surface area contributed by atoms with Crippen LogP contribution in [0.2, 0.25) is 0 Å². The molecule has 0 aromatic heterocycles. The monoisotopic (exact) mass is 237 g/mol. The molecule has 0 amide bonds. The van der Waals surface area contributed by atoms with E-state index in [0.717, 1.165) is 24.3 Å². The highest BCUT2D eigenvalue weighted by Crippen LogP contribution is 2.48. The summed E-state index contributed by atoms with van der Waals surface area (Å²) in [5.74, 6) is 3.22. The second kappa shape index (κ2) is 4.72. The Morgan fingerprint density at radius 1 is 1.29 bits per heavy atom. The second-order valence-electron chi connectivity index (χ2n) is 7.07. The van der Waals surface area contributed by atoms with Crippen molar-refractivity contribution < 1.29 is 4.79 Å². The maximum atomic E-state index is 11.5. The maximum absolute atomic E-state index is 11.5. The van der Waals surface area contributed by atoms with E-state index in [2.05, 4.69) is 25.8 Å². The van der Waals surface area contributed by atoms with Gasteiger partial charge >= 0.3 is 0 Å². The van der Waals surface area contributed by atoms with Gasteiger partial charge in [0, 0.05) is 18.5 Å². The number of ketones is 1. The largest absolute Gasteiger partial charge is 0.305 e. The van der Waals surface area contributed by atoms with Crippen LogP contribution in [0.3, 0.4) is 0 Å². The minimum Gasteiger partial charge on any atom is -0.305 e. The van der Waals surface area contributed by atoms with Crippen molar-refractivity contribution in [3.8, 4) is 0 Å². The number of rotatable bonds is 5. The normalized spacial score (nSPS) is 32.4. The maximum Gasteiger partial charge on any atom is 0.136 e. The third kappa shape index (κ3) is 2.90. The molecule has 2 rings (SSSR count). The summed E-state index contributed by atoms with van der Waals surface area (Å²) in [7, 11) is 2.18. The molecule has 98 valence electrons. The fraction of sp³-hybridized carbons (Fsp3) is 0.933. The molecule has 0 spiro atoms. The average Bonchev–Trinajstić information content (AvgIpc) is 2.77. The molecule has 0 saturated heterocycles. The van der Waals surface area contributed by atoms with E-state index in [9.17, 15) is 4.79 Å². The van der Waals surface area contributed by atoms with E-state index in [4.69, 9.17) is 0 Å². The van der Waals surface area contributed by atoms with Crippen LogP contribution < -0.4 is 0 Å². The van der Waals surface area contributed by atoms with Crippen LogP contribution in [0.1, 0.15) is 46.5 Å². The second-order valence-corrected chi connectivity index (χ2v) is 7.07. The van der Waals surface area contributed by atoms with Crippen LogP contribution in [0, 0.1) is 23.2 Å². The van der Waals surface area contributed by atoms with Gasteiger partial charge in [0.25, 0.3) is 0 Å². The molecule has 0 heterocycles. The summed E-state index contributed by atoms with van der Waals surface area (Å²) in [5, 5.41) is 0. The van der Waals surface area contributed by atoms with Gasteiger partial charge in [0.2, 0.25) is 0 Å². The quantitative estimate of drug-likeness (QED) is 0.732. The van der Waals surface area contributed by atoms with Gasteiger partial charge in [-0.1, -0.05) is 20.3 Å². The van der Waals surface area contributed by atoms with Crippen molar-refractivity contribution in [1.29, 1.82) is 0 Å². The summed E-state index contributed by atoms with van der Waals surface area (Å²) in [5.41, 5.74) is -0.188. The lowest BCUT2D eigenvalue weighted by atomic mass is 9.86. The minimum atomic E-state index is -0.188. The van der Waals surface area contributed by atoms with Crippen LogP contribution in [0.15, 0.2) is 0 Å². The number of nitrogens with zero attached hydrogens (tertiary/aromatic N) is 1. The zero-order valence-corrected chi connectivity index (χ0v) is 11.8. The van der Waals surface area contributed by atoms with E-state index >= 15 is 0 Å². The van der Waals surface area contributed by atoms with Crippen molar-refractivity contribution in [1.82, 2.24) is 4.90 Å². The Bertz CT molecular complexity index is 297. The standard InChI is InChI=1S/C15H27NO/c1-11(17)15(2,3)10-16(4)9-14-8-12-5-6-13(14)7-12/h12-14H,5-10H2,1-4H3. The lowest BCUT2D eigenvalue weighted by Crippen LogP contribution is -2.39. The van der Waals surface area contributed by atoms with Crippen molar-refractivity contribution in [3.63, 3.8) is 0 Å². The molecule has 2 nitrogen and oxygen atoms in total. The van der Waals surface area contributed by atoms with Crippen molar-refractivity contribution in [2.75, 3.05) is 20.1 Å². The lowest BCUT2D eigenvalue weighted by Gasteiger charge is -2.32. The Morgan fingerprint density at radius 2 is 2.00 bits per heavy atom. The smallest absolute Gasteiger partial charge is 0.136 e. The van der Waals surface area contributed by atoms with E-state index < -0.39 is 0 Å². The molecule has 2 aliphatic rings. The van der Waals surface area contributed by atoms with E-state index in [1.807, 2.05) is 0 Å². The summed E-state index contributed by atoms with van der Waals surface area (Å²) < 4.78 is 0. The topological polar surface area (TPSA) is 20.3 Å². The highest BCUT2D eigenvalue weighted by atomic mass is 16.1. The number of fused-ring (bicyclic) bond motifs is 2. The molecule has 2 fully saturated rings. The summed E-state index contributed by atoms with van der Waals surface area (Å²) >= 11 is 0. The summed E-state index contributed by atoms with van der Waals surface area (Å²) in [6.45, 7) is 7.93. The first-order chi connectivity index (χ1) is 7.88. The third-order valence-electron chi connectivity index (χ3n) is 5.05. The Hall–Kier alpha value is -0.370. The van der Waals surface area contributed by atoms with Gasteiger partial charge in [-0.05, 0) is 51.0 Å². The molecule has 0 N–H and O–H groups in total. The fourth-order valence-electron chi connectivity index (χ4n) is 3.85. The van der Waals surface area contributed by atoms with E-state index in [-0.39, 0.29) is 5.41 Å². The molecule has 2 heteroatoms. The van der Waals surface area contributed by atoms with Gasteiger partial charge in [-0.2, -0.15) is 0 Å². The zero-order chi connectivity index (χ0) is 12.6. The molecule has 2 bridgehead atoms. The van der Waals surface area contributed by atoms with E-state index in [1.165, 1.54) is 32.2 Å². The van der Waals surface area contributed by atoms with Crippen molar-refractivity contribution in [3.05, 3.63) is 0 Å². The van der Waals surface area contributed by atoms with Crippen LogP contribution in [0.25, 0.3) is 0 Å². The van der Waals surface area contributed by atoms with Gasteiger partial charge < -0.3 is 4.90 Å². The minimum absolute atomic E-state index is 0.188. The molecule has 0 aromatic rings. The van der Waals surface area contributed by atoms with E-state index in [1.54, 1.807) is 6.92 Å². The number of hydrogen-bond donors (Lipinski definition) is 0. The number of hydrogen-bond acceptors (Lipinski definition) is 2. The molecule has 3 atom stereocenters. The average molecular weight is 237 g/mol. The molecule has 3 unspecified atom stereocenters. The number of carbonyl (C=O) groups is 1. The van der Waals surface area contributed by atoms with E-state index in [0.29, 0.717) is 5.78 Å². The van der Waals surface area contributed by atoms with Gasteiger partial charge in [-0.25, -0.2) is 0 Å². The predicted octanol–water partition coefficient (Wildman–Crippen LogP) is 2.97. The summed E-state index contributed by atoms with van der Waals surface area (Å²) in [6.07, 6.45) is 5.85. The predicted molar refractivity (Wildman–Crippen MR) is 70.9 cm³/mol. The lowest BCUT2D eigenvalue weighted by molar-refractivity contribution is -0.125. The van der Waals surface area contributed by atoms with Crippen LogP contribution in [-0.2, 0) is 4.79 Å². The molecule has 0 radical (unpaired) electrons. The van der Waals surface area contributed by atoms with Gasteiger partial charge in [-0.15, -0.1) is 0 Å². The number of carbonyl (C=O) groups excluding carboxylic acids is 1. The molecule has 2 saturated carbocycles. The van der Waals surface area contributed by atoms with Gasteiger partial charge in [0.05, 0.1) is 0 Å². The highest BCUT2D eigenvalue weighted by molar-refractivity contribution is 5.81. The zero-order valence-electron chi connectivity index (χ0n) is 11.8.